The molecule has 140 valence electrons. The molecule has 1 aromatic heterocycles. The Morgan fingerprint density at radius 2 is 1.96 bits per heavy atom. The summed E-state index contributed by atoms with van der Waals surface area (Å²) in [4.78, 5) is 15.3. The largest absolute Gasteiger partial charge is 0.347 e. The molecule has 0 saturated carbocycles. The van der Waals surface area contributed by atoms with Crippen LogP contribution in [0.1, 0.15) is 76.7 Å². The summed E-state index contributed by atoms with van der Waals surface area (Å²) in [6.45, 7) is 12.1. The van der Waals surface area contributed by atoms with Crippen molar-refractivity contribution in [1.82, 2.24) is 20.0 Å². The third-order valence-corrected chi connectivity index (χ3v) is 5.54. The van der Waals surface area contributed by atoms with Crippen LogP contribution in [0.15, 0.2) is 6.20 Å². The standard InChI is InChI=1S/C20H34N4O/c1-14(2)12-23-10-8-16(9-11-23)20(25)21-18-7-5-6-17-13-24(15(3)4)22-19(17)18/h13-16,18H,5-12H2,1-4H3,(H,21,25). The minimum absolute atomic E-state index is 0.102. The molecular formula is C20H34N4O. The molecule has 0 aromatic carbocycles. The minimum Gasteiger partial charge on any atom is -0.347 e. The van der Waals surface area contributed by atoms with Gasteiger partial charge >= 0.3 is 0 Å². The van der Waals surface area contributed by atoms with E-state index in [1.807, 2.05) is 4.68 Å². The van der Waals surface area contributed by atoms with Gasteiger partial charge in [-0.2, -0.15) is 5.10 Å². The second-order valence-corrected chi connectivity index (χ2v) is 8.54. The number of aromatic nitrogens is 2. The van der Waals surface area contributed by atoms with Gasteiger partial charge in [0.25, 0.3) is 0 Å². The van der Waals surface area contributed by atoms with E-state index in [9.17, 15) is 4.79 Å². The first-order valence-electron chi connectivity index (χ1n) is 10.0. The highest BCUT2D eigenvalue weighted by atomic mass is 16.2. The van der Waals surface area contributed by atoms with Gasteiger partial charge in [-0.25, -0.2) is 0 Å². The molecule has 0 spiro atoms. The van der Waals surface area contributed by atoms with Crippen molar-refractivity contribution in [3.05, 3.63) is 17.5 Å². The normalized spacial score (nSPS) is 22.4. The molecule has 0 bridgehead atoms. The summed E-state index contributed by atoms with van der Waals surface area (Å²) in [7, 11) is 0. The fraction of sp³-hybridized carbons (Fsp3) is 0.800. The number of carbonyl (C=O) groups is 1. The van der Waals surface area contributed by atoms with E-state index in [-0.39, 0.29) is 17.9 Å². The van der Waals surface area contributed by atoms with Crippen molar-refractivity contribution in [2.75, 3.05) is 19.6 Å². The molecule has 5 heteroatoms. The van der Waals surface area contributed by atoms with Crippen molar-refractivity contribution in [1.29, 1.82) is 0 Å². The molecule has 1 amide bonds. The second kappa shape index (κ2) is 7.90. The van der Waals surface area contributed by atoms with Crippen LogP contribution in [-0.2, 0) is 11.2 Å². The van der Waals surface area contributed by atoms with Crippen molar-refractivity contribution in [2.24, 2.45) is 11.8 Å². The third-order valence-electron chi connectivity index (χ3n) is 5.54. The average Bonchev–Trinajstić information content (AvgIpc) is 3.00. The predicted octanol–water partition coefficient (Wildman–Crippen LogP) is 3.33. The summed E-state index contributed by atoms with van der Waals surface area (Å²) in [5.41, 5.74) is 2.42. The van der Waals surface area contributed by atoms with Gasteiger partial charge in [-0.1, -0.05) is 13.8 Å². The van der Waals surface area contributed by atoms with Crippen molar-refractivity contribution in [3.8, 4) is 0 Å². The van der Waals surface area contributed by atoms with Crippen molar-refractivity contribution >= 4 is 5.91 Å². The Morgan fingerprint density at radius 3 is 2.60 bits per heavy atom. The lowest BCUT2D eigenvalue weighted by molar-refractivity contribution is -0.127. The number of fused-ring (bicyclic) bond motifs is 1. The molecule has 5 nitrogen and oxygen atoms in total. The van der Waals surface area contributed by atoms with Gasteiger partial charge in [0.15, 0.2) is 0 Å². The molecule has 3 rings (SSSR count). The van der Waals surface area contributed by atoms with E-state index in [4.69, 9.17) is 5.10 Å². The highest BCUT2D eigenvalue weighted by molar-refractivity contribution is 5.79. The van der Waals surface area contributed by atoms with Crippen LogP contribution in [0.25, 0.3) is 0 Å². The highest BCUT2D eigenvalue weighted by Gasteiger charge is 2.30. The fourth-order valence-electron chi connectivity index (χ4n) is 4.15. The molecule has 1 atom stereocenters. The van der Waals surface area contributed by atoms with E-state index in [1.54, 1.807) is 0 Å². The van der Waals surface area contributed by atoms with Crippen LogP contribution in [0.4, 0.5) is 0 Å². The van der Waals surface area contributed by atoms with Crippen LogP contribution >= 0.6 is 0 Å². The lowest BCUT2D eigenvalue weighted by Gasteiger charge is -2.33. The lowest BCUT2D eigenvalue weighted by Crippen LogP contribution is -2.43. The number of likely N-dealkylation sites (tertiary alicyclic amines) is 1. The van der Waals surface area contributed by atoms with E-state index in [2.05, 4.69) is 44.1 Å². The van der Waals surface area contributed by atoms with Gasteiger partial charge in [0.2, 0.25) is 5.91 Å². The highest BCUT2D eigenvalue weighted by Crippen LogP contribution is 2.30. The molecule has 1 aromatic rings. The van der Waals surface area contributed by atoms with Crippen LogP contribution in [0.3, 0.4) is 0 Å². The first-order chi connectivity index (χ1) is 11.9. The van der Waals surface area contributed by atoms with Gasteiger partial charge in [-0.05, 0) is 70.5 Å². The van der Waals surface area contributed by atoms with Crippen LogP contribution in [0.5, 0.6) is 0 Å². The molecule has 25 heavy (non-hydrogen) atoms. The molecule has 0 radical (unpaired) electrons. The van der Waals surface area contributed by atoms with Crippen molar-refractivity contribution < 1.29 is 4.79 Å². The smallest absolute Gasteiger partial charge is 0.223 e. The number of piperidine rings is 1. The van der Waals surface area contributed by atoms with Crippen LogP contribution in [-0.4, -0.2) is 40.2 Å². The maximum atomic E-state index is 12.8. The first kappa shape index (κ1) is 18.4. The van der Waals surface area contributed by atoms with E-state index in [0.717, 1.165) is 57.4 Å². The number of rotatable bonds is 5. The number of aryl methyl sites for hydroxylation is 1. The second-order valence-electron chi connectivity index (χ2n) is 8.54. The molecular weight excluding hydrogens is 312 g/mol. The Kier molecular flexibility index (Phi) is 5.82. The lowest BCUT2D eigenvalue weighted by atomic mass is 9.91. The maximum absolute atomic E-state index is 12.8. The molecule has 1 unspecified atom stereocenters. The molecule has 1 saturated heterocycles. The van der Waals surface area contributed by atoms with E-state index in [0.29, 0.717) is 12.0 Å². The number of carbonyl (C=O) groups excluding carboxylic acids is 1. The summed E-state index contributed by atoms with van der Waals surface area (Å²) in [5.74, 6) is 1.10. The Balaban J connectivity index is 1.58. The van der Waals surface area contributed by atoms with E-state index >= 15 is 0 Å². The Hall–Kier alpha value is -1.36. The van der Waals surface area contributed by atoms with Gasteiger partial charge in [0.1, 0.15) is 0 Å². The Labute approximate surface area is 152 Å². The molecule has 1 aliphatic carbocycles. The van der Waals surface area contributed by atoms with Gasteiger partial charge in [-0.15, -0.1) is 0 Å². The van der Waals surface area contributed by atoms with Gasteiger partial charge in [-0.3, -0.25) is 9.48 Å². The average molecular weight is 347 g/mol. The zero-order chi connectivity index (χ0) is 18.0. The summed E-state index contributed by atoms with van der Waals surface area (Å²) < 4.78 is 2.04. The topological polar surface area (TPSA) is 50.2 Å². The van der Waals surface area contributed by atoms with Crippen LogP contribution in [0.2, 0.25) is 0 Å². The monoisotopic (exact) mass is 346 g/mol. The molecule has 2 aliphatic rings. The number of hydrogen-bond acceptors (Lipinski definition) is 3. The van der Waals surface area contributed by atoms with E-state index in [1.165, 1.54) is 5.56 Å². The first-order valence-corrected chi connectivity index (χ1v) is 10.0. The summed E-state index contributed by atoms with van der Waals surface area (Å²) >= 11 is 0. The van der Waals surface area contributed by atoms with Crippen molar-refractivity contribution in [2.45, 2.75) is 71.9 Å². The van der Waals surface area contributed by atoms with Gasteiger partial charge < -0.3 is 10.2 Å². The Morgan fingerprint density at radius 1 is 1.24 bits per heavy atom. The van der Waals surface area contributed by atoms with Crippen LogP contribution < -0.4 is 5.32 Å². The predicted molar refractivity (Wildman–Crippen MR) is 100 cm³/mol. The fourth-order valence-corrected chi connectivity index (χ4v) is 4.15. The number of amides is 1. The number of nitrogens with one attached hydrogen (secondary N) is 1. The zero-order valence-corrected chi connectivity index (χ0v) is 16.3. The Bertz CT molecular complexity index is 585. The number of hydrogen-bond donors (Lipinski definition) is 1. The summed E-state index contributed by atoms with van der Waals surface area (Å²) in [5, 5.41) is 8.09. The van der Waals surface area contributed by atoms with Crippen molar-refractivity contribution in [3.63, 3.8) is 0 Å². The summed E-state index contributed by atoms with van der Waals surface area (Å²) in [6.07, 6.45) is 7.37. The molecule has 1 aliphatic heterocycles. The zero-order valence-electron chi connectivity index (χ0n) is 16.3. The molecule has 1 N–H and O–H groups in total. The van der Waals surface area contributed by atoms with Crippen LogP contribution in [0, 0.1) is 11.8 Å². The quantitative estimate of drug-likeness (QED) is 0.890. The SMILES string of the molecule is CC(C)CN1CCC(C(=O)NC2CCCc3cn(C(C)C)nc32)CC1. The number of nitrogens with zero attached hydrogens (tertiary/aromatic N) is 3. The molecule has 2 heterocycles. The minimum atomic E-state index is 0.102. The van der Waals surface area contributed by atoms with E-state index < -0.39 is 0 Å². The summed E-state index contributed by atoms with van der Waals surface area (Å²) in [6, 6.07) is 0.470. The van der Waals surface area contributed by atoms with Gasteiger partial charge in [0, 0.05) is 24.7 Å². The maximum Gasteiger partial charge on any atom is 0.223 e. The van der Waals surface area contributed by atoms with Gasteiger partial charge in [0.05, 0.1) is 11.7 Å². The molecule has 1 fully saturated rings. The third kappa shape index (κ3) is 4.43.